The van der Waals surface area contributed by atoms with Gasteiger partial charge in [0.25, 0.3) is 0 Å². The molecular formula is C40H40FN7O4. The number of morpholine rings is 1. The Morgan fingerprint density at radius 2 is 1.90 bits per heavy atom. The van der Waals surface area contributed by atoms with Crippen LogP contribution in [0.25, 0.3) is 32.9 Å². The van der Waals surface area contributed by atoms with E-state index in [1.807, 2.05) is 78.6 Å². The van der Waals surface area contributed by atoms with Gasteiger partial charge in [-0.15, -0.1) is 0 Å². The van der Waals surface area contributed by atoms with Crippen molar-refractivity contribution >= 4 is 33.6 Å². The lowest BCUT2D eigenvalue weighted by Crippen LogP contribution is -2.55. The molecule has 52 heavy (non-hydrogen) atoms. The molecule has 12 heteroatoms. The number of halogens is 1. The smallest absolute Gasteiger partial charge is 0.410 e. The number of pyridine rings is 1. The summed E-state index contributed by atoms with van der Waals surface area (Å²) < 4.78 is 34.4. The molecule has 3 aromatic carbocycles. The summed E-state index contributed by atoms with van der Waals surface area (Å²) in [4.78, 5) is 33.4. The largest absolute Gasteiger partial charge is 0.463 e. The third-order valence-electron chi connectivity index (χ3n) is 10.4. The number of amides is 1. The van der Waals surface area contributed by atoms with Gasteiger partial charge in [-0.1, -0.05) is 66.7 Å². The second-order valence-electron chi connectivity index (χ2n) is 13.7. The molecule has 0 saturated carbocycles. The predicted octanol–water partition coefficient (Wildman–Crippen LogP) is 6.28. The molecule has 2 aromatic heterocycles. The molecule has 3 aliphatic heterocycles. The maximum atomic E-state index is 16.9. The number of hydrogen-bond acceptors (Lipinski definition) is 10. The summed E-state index contributed by atoms with van der Waals surface area (Å²) in [6.07, 6.45) is 3.38. The van der Waals surface area contributed by atoms with Gasteiger partial charge in [0.15, 0.2) is 5.82 Å². The quantitative estimate of drug-likeness (QED) is 0.154. The van der Waals surface area contributed by atoms with E-state index in [0.717, 1.165) is 54.4 Å². The fraction of sp³-hybridized carbons (Fsp3) is 0.375. The van der Waals surface area contributed by atoms with Gasteiger partial charge in [0.2, 0.25) is 0 Å². The Labute approximate surface area is 301 Å². The number of ether oxygens (including phenoxy) is 3. The minimum atomic E-state index is -0.563. The summed E-state index contributed by atoms with van der Waals surface area (Å²) in [7, 11) is 0. The first-order chi connectivity index (χ1) is 25.5. The molecule has 8 rings (SSSR count). The third-order valence-corrected chi connectivity index (χ3v) is 10.4. The number of carbonyl (C=O) groups excluding carboxylic acids is 1. The Balaban J connectivity index is 1.09. The first kappa shape index (κ1) is 33.7. The average molecular weight is 702 g/mol. The van der Waals surface area contributed by atoms with Crippen molar-refractivity contribution in [3.05, 3.63) is 89.9 Å². The predicted molar refractivity (Wildman–Crippen MR) is 194 cm³/mol. The molecule has 0 radical (unpaired) electrons. The maximum absolute atomic E-state index is 16.9. The second-order valence-corrected chi connectivity index (χ2v) is 13.7. The van der Waals surface area contributed by atoms with E-state index >= 15 is 4.39 Å². The molecule has 3 aliphatic rings. The lowest BCUT2D eigenvalue weighted by molar-refractivity contribution is 0.0287. The van der Waals surface area contributed by atoms with Crippen LogP contribution in [0.5, 0.6) is 6.01 Å². The molecule has 5 heterocycles. The third kappa shape index (κ3) is 6.69. The van der Waals surface area contributed by atoms with Crippen molar-refractivity contribution in [2.75, 3.05) is 50.8 Å². The Kier molecular flexibility index (Phi) is 9.54. The molecule has 0 spiro atoms. The lowest BCUT2D eigenvalue weighted by atomic mass is 9.97. The number of benzene rings is 3. The summed E-state index contributed by atoms with van der Waals surface area (Å²) in [5.41, 5.74) is 2.87. The summed E-state index contributed by atoms with van der Waals surface area (Å²) in [5, 5.41) is 12.1. The number of rotatable bonds is 10. The van der Waals surface area contributed by atoms with Gasteiger partial charge in [-0.2, -0.15) is 15.2 Å². The molecule has 5 aromatic rings. The minimum Gasteiger partial charge on any atom is -0.463 e. The van der Waals surface area contributed by atoms with Crippen molar-refractivity contribution in [2.24, 2.45) is 0 Å². The SMILES string of the molecule is Cc1cccc2cccc(-c3ncc4c(N5CCN(C(=O)OCc6ccccc6)[C@@H](CC#N)C5)nc(OCCCN5C[C@@H]6C[C@H]5CO6)nc4c3F)c12. The van der Waals surface area contributed by atoms with Crippen LogP contribution < -0.4 is 9.64 Å². The molecule has 3 fully saturated rings. The number of likely N-dealkylation sites (tertiary alicyclic amines) is 1. The number of nitrogens with zero attached hydrogens (tertiary/aromatic N) is 7. The number of fused-ring (bicyclic) bond motifs is 4. The van der Waals surface area contributed by atoms with E-state index in [1.54, 1.807) is 11.1 Å². The van der Waals surface area contributed by atoms with Crippen LogP contribution in [0, 0.1) is 24.1 Å². The van der Waals surface area contributed by atoms with Crippen LogP contribution in [0.3, 0.4) is 0 Å². The van der Waals surface area contributed by atoms with Gasteiger partial charge in [0.1, 0.15) is 23.6 Å². The van der Waals surface area contributed by atoms with E-state index in [0.29, 0.717) is 42.1 Å². The Bertz CT molecular complexity index is 2140. The Hall–Kier alpha value is -5.38. The fourth-order valence-electron chi connectivity index (χ4n) is 7.80. The van der Waals surface area contributed by atoms with Crippen molar-refractivity contribution in [1.82, 2.24) is 24.8 Å². The van der Waals surface area contributed by atoms with E-state index in [1.165, 1.54) is 0 Å². The van der Waals surface area contributed by atoms with Crippen molar-refractivity contribution < 1.29 is 23.4 Å². The first-order valence-corrected chi connectivity index (χ1v) is 17.9. The van der Waals surface area contributed by atoms with Gasteiger partial charge >= 0.3 is 12.1 Å². The Morgan fingerprint density at radius 3 is 2.69 bits per heavy atom. The lowest BCUT2D eigenvalue weighted by Gasteiger charge is -2.40. The van der Waals surface area contributed by atoms with Crippen molar-refractivity contribution in [1.29, 1.82) is 5.26 Å². The highest BCUT2D eigenvalue weighted by molar-refractivity contribution is 6.00. The summed E-state index contributed by atoms with van der Waals surface area (Å²) in [6, 6.07) is 23.5. The summed E-state index contributed by atoms with van der Waals surface area (Å²) in [5.74, 6) is -0.118. The molecule has 3 saturated heterocycles. The molecule has 11 nitrogen and oxygen atoms in total. The van der Waals surface area contributed by atoms with E-state index in [2.05, 4.69) is 20.9 Å². The van der Waals surface area contributed by atoms with Crippen LogP contribution in [-0.2, 0) is 16.1 Å². The zero-order chi connectivity index (χ0) is 35.6. The van der Waals surface area contributed by atoms with Crippen molar-refractivity contribution in [3.63, 3.8) is 0 Å². The molecule has 266 valence electrons. The van der Waals surface area contributed by atoms with Gasteiger partial charge in [0, 0.05) is 50.5 Å². The van der Waals surface area contributed by atoms with Crippen LogP contribution in [0.2, 0.25) is 0 Å². The Morgan fingerprint density at radius 1 is 1.06 bits per heavy atom. The first-order valence-electron chi connectivity index (χ1n) is 17.9. The monoisotopic (exact) mass is 701 g/mol. The second kappa shape index (κ2) is 14.7. The molecule has 1 amide bonds. The zero-order valence-electron chi connectivity index (χ0n) is 29.1. The number of piperazine rings is 1. The van der Waals surface area contributed by atoms with E-state index in [9.17, 15) is 10.1 Å². The average Bonchev–Trinajstić information content (AvgIpc) is 3.80. The number of anilines is 1. The van der Waals surface area contributed by atoms with Crippen LogP contribution in [0.4, 0.5) is 15.0 Å². The molecular weight excluding hydrogens is 661 g/mol. The van der Waals surface area contributed by atoms with Gasteiger partial charge in [-0.05, 0) is 41.7 Å². The minimum absolute atomic E-state index is 0.0699. The molecule has 0 unspecified atom stereocenters. The van der Waals surface area contributed by atoms with E-state index in [4.69, 9.17) is 19.2 Å². The van der Waals surface area contributed by atoms with Crippen molar-refractivity contribution in [3.8, 4) is 23.3 Å². The number of nitriles is 1. The fourth-order valence-corrected chi connectivity index (χ4v) is 7.80. The highest BCUT2D eigenvalue weighted by atomic mass is 19.1. The summed E-state index contributed by atoms with van der Waals surface area (Å²) >= 11 is 0. The van der Waals surface area contributed by atoms with Crippen LogP contribution in [0.1, 0.15) is 30.4 Å². The molecule has 2 bridgehead atoms. The van der Waals surface area contributed by atoms with Crippen LogP contribution in [0.15, 0.2) is 72.9 Å². The zero-order valence-corrected chi connectivity index (χ0v) is 29.1. The molecule has 0 N–H and O–H groups in total. The van der Waals surface area contributed by atoms with E-state index in [-0.39, 0.29) is 43.3 Å². The number of aryl methyl sites for hydroxylation is 1. The van der Waals surface area contributed by atoms with Crippen molar-refractivity contribution in [2.45, 2.75) is 51.0 Å². The number of carbonyl (C=O) groups is 1. The van der Waals surface area contributed by atoms with Gasteiger partial charge in [0.05, 0.1) is 43.2 Å². The topological polar surface area (TPSA) is 117 Å². The molecule has 0 aliphatic carbocycles. The van der Waals surface area contributed by atoms with Crippen LogP contribution in [-0.4, -0.2) is 95.0 Å². The molecule has 3 atom stereocenters. The van der Waals surface area contributed by atoms with E-state index < -0.39 is 18.0 Å². The standard InChI is InChI=1S/C40H40FN7O4/c1-26-8-5-11-28-12-6-13-32(34(26)28)36-35(41)37-33(21-43-36)38(45-39(44-37)50-19-7-16-46-23-31-20-30(46)25-51-31)47-17-18-48(29(22-47)14-15-42)40(49)52-24-27-9-3-2-4-10-27/h2-6,8-13,21,29-31H,7,14,16-20,22-25H2,1H3/t29-,30-,31-/m0/s1. The number of aromatic nitrogens is 3. The van der Waals surface area contributed by atoms with Gasteiger partial charge in [-0.3, -0.25) is 9.88 Å². The van der Waals surface area contributed by atoms with Crippen LogP contribution >= 0.6 is 0 Å². The maximum Gasteiger partial charge on any atom is 0.410 e. The van der Waals surface area contributed by atoms with Gasteiger partial charge in [-0.25, -0.2) is 9.18 Å². The highest BCUT2D eigenvalue weighted by Crippen LogP contribution is 2.36. The summed E-state index contributed by atoms with van der Waals surface area (Å²) in [6.45, 7) is 6.02. The highest BCUT2D eigenvalue weighted by Gasteiger charge is 2.38. The number of hydrogen-bond donors (Lipinski definition) is 0. The normalized spacial score (nSPS) is 20.1. The van der Waals surface area contributed by atoms with Gasteiger partial charge < -0.3 is 24.0 Å².